The van der Waals surface area contributed by atoms with E-state index in [2.05, 4.69) is 20.8 Å². The standard InChI is InChI=1S/C18H27ClFN/c1-17(2,3)13-6-5-10-18(21,11-9-13)12-14-15(19)7-4-8-16(14)20/h4,7-8,13H,5-6,9-12,21H2,1-3H3. The van der Waals surface area contributed by atoms with Crippen molar-refractivity contribution in [2.75, 3.05) is 0 Å². The molecule has 0 heterocycles. The van der Waals surface area contributed by atoms with Crippen LogP contribution < -0.4 is 5.73 Å². The van der Waals surface area contributed by atoms with Crippen LogP contribution in [-0.2, 0) is 6.42 Å². The fourth-order valence-corrected chi connectivity index (χ4v) is 3.76. The highest BCUT2D eigenvalue weighted by Crippen LogP contribution is 2.40. The molecule has 1 aliphatic rings. The van der Waals surface area contributed by atoms with E-state index < -0.39 is 0 Å². The Kier molecular flexibility index (Phi) is 4.99. The highest BCUT2D eigenvalue weighted by Gasteiger charge is 2.34. The summed E-state index contributed by atoms with van der Waals surface area (Å²) in [5, 5.41) is 0.497. The van der Waals surface area contributed by atoms with E-state index in [1.165, 1.54) is 12.5 Å². The molecule has 2 rings (SSSR count). The molecule has 2 unspecified atom stereocenters. The van der Waals surface area contributed by atoms with Crippen molar-refractivity contribution in [2.24, 2.45) is 17.1 Å². The molecule has 2 atom stereocenters. The highest BCUT2D eigenvalue weighted by molar-refractivity contribution is 6.31. The van der Waals surface area contributed by atoms with Crippen molar-refractivity contribution in [1.29, 1.82) is 0 Å². The van der Waals surface area contributed by atoms with Gasteiger partial charge in [0.1, 0.15) is 5.82 Å². The van der Waals surface area contributed by atoms with E-state index in [0.29, 0.717) is 28.3 Å². The minimum absolute atomic E-state index is 0.232. The lowest BCUT2D eigenvalue weighted by molar-refractivity contribution is 0.210. The van der Waals surface area contributed by atoms with Crippen LogP contribution in [0.3, 0.4) is 0 Å². The number of hydrogen-bond acceptors (Lipinski definition) is 1. The monoisotopic (exact) mass is 311 g/mol. The third kappa shape index (κ3) is 4.20. The zero-order valence-corrected chi connectivity index (χ0v) is 14.1. The molecule has 0 aromatic heterocycles. The van der Waals surface area contributed by atoms with Gasteiger partial charge < -0.3 is 5.73 Å². The summed E-state index contributed by atoms with van der Waals surface area (Å²) in [7, 11) is 0. The maximum absolute atomic E-state index is 14.0. The second kappa shape index (κ2) is 6.26. The van der Waals surface area contributed by atoms with E-state index in [9.17, 15) is 4.39 Å². The normalized spacial score (nSPS) is 27.4. The molecule has 0 spiro atoms. The van der Waals surface area contributed by atoms with Crippen LogP contribution in [0.4, 0.5) is 4.39 Å². The van der Waals surface area contributed by atoms with Crippen molar-refractivity contribution < 1.29 is 4.39 Å². The number of halogens is 2. The summed E-state index contributed by atoms with van der Waals surface area (Å²) in [6, 6.07) is 4.87. The average Bonchev–Trinajstić information content (AvgIpc) is 2.56. The Bertz CT molecular complexity index is 474. The molecule has 2 N–H and O–H groups in total. The first-order valence-electron chi connectivity index (χ1n) is 7.93. The maximum Gasteiger partial charge on any atom is 0.127 e. The third-order valence-electron chi connectivity index (χ3n) is 5.03. The molecule has 1 nitrogen and oxygen atoms in total. The molecule has 1 fully saturated rings. The summed E-state index contributed by atoms with van der Waals surface area (Å²) in [6.07, 6.45) is 5.88. The summed E-state index contributed by atoms with van der Waals surface area (Å²) in [5.74, 6) is 0.461. The van der Waals surface area contributed by atoms with Gasteiger partial charge in [-0.2, -0.15) is 0 Å². The van der Waals surface area contributed by atoms with Crippen LogP contribution in [0.2, 0.25) is 5.02 Å². The van der Waals surface area contributed by atoms with Crippen LogP contribution in [0.5, 0.6) is 0 Å². The lowest BCUT2D eigenvalue weighted by Gasteiger charge is -2.31. The highest BCUT2D eigenvalue weighted by atomic mass is 35.5. The van der Waals surface area contributed by atoms with Crippen molar-refractivity contribution in [3.8, 4) is 0 Å². The minimum Gasteiger partial charge on any atom is -0.325 e. The van der Waals surface area contributed by atoms with Crippen LogP contribution in [-0.4, -0.2) is 5.54 Å². The van der Waals surface area contributed by atoms with E-state index in [1.807, 2.05) is 0 Å². The zero-order valence-electron chi connectivity index (χ0n) is 13.4. The molecule has 1 aromatic carbocycles. The molecule has 0 radical (unpaired) electrons. The molecule has 21 heavy (non-hydrogen) atoms. The van der Waals surface area contributed by atoms with Gasteiger partial charge in [-0.05, 0) is 55.6 Å². The Morgan fingerprint density at radius 2 is 2.00 bits per heavy atom. The molecule has 3 heteroatoms. The van der Waals surface area contributed by atoms with Crippen molar-refractivity contribution >= 4 is 11.6 Å². The topological polar surface area (TPSA) is 26.0 Å². The van der Waals surface area contributed by atoms with E-state index in [0.717, 1.165) is 25.7 Å². The first-order chi connectivity index (χ1) is 9.71. The first kappa shape index (κ1) is 16.8. The second-order valence-corrected chi connectivity index (χ2v) is 8.14. The van der Waals surface area contributed by atoms with Gasteiger partial charge in [0.25, 0.3) is 0 Å². The van der Waals surface area contributed by atoms with Gasteiger partial charge in [0.2, 0.25) is 0 Å². The Labute approximate surface area is 133 Å². The number of rotatable bonds is 2. The molecular formula is C18H27ClFN. The van der Waals surface area contributed by atoms with Gasteiger partial charge in [-0.15, -0.1) is 0 Å². The third-order valence-corrected chi connectivity index (χ3v) is 5.39. The van der Waals surface area contributed by atoms with Crippen LogP contribution in [0.25, 0.3) is 0 Å². The smallest absolute Gasteiger partial charge is 0.127 e. The van der Waals surface area contributed by atoms with Crippen LogP contribution in [0, 0.1) is 17.2 Å². The summed E-state index contributed by atoms with van der Waals surface area (Å²) in [6.45, 7) is 6.90. The molecule has 0 bridgehead atoms. The minimum atomic E-state index is -0.328. The molecular weight excluding hydrogens is 285 g/mol. The zero-order chi connectivity index (χ0) is 15.7. The Balaban J connectivity index is 2.13. The van der Waals surface area contributed by atoms with Gasteiger partial charge in [0, 0.05) is 16.1 Å². The Morgan fingerprint density at radius 1 is 1.29 bits per heavy atom. The van der Waals surface area contributed by atoms with E-state index in [1.54, 1.807) is 12.1 Å². The van der Waals surface area contributed by atoms with Crippen LogP contribution in [0.15, 0.2) is 18.2 Å². The summed E-state index contributed by atoms with van der Waals surface area (Å²) in [4.78, 5) is 0. The predicted molar refractivity (Wildman–Crippen MR) is 88.1 cm³/mol. The second-order valence-electron chi connectivity index (χ2n) is 7.73. The summed E-state index contributed by atoms with van der Waals surface area (Å²) in [5.41, 5.74) is 7.18. The molecule has 0 saturated heterocycles. The van der Waals surface area contributed by atoms with Gasteiger partial charge in [-0.25, -0.2) is 4.39 Å². The van der Waals surface area contributed by atoms with Crippen molar-refractivity contribution in [2.45, 2.75) is 64.8 Å². The quantitative estimate of drug-likeness (QED) is 0.732. The maximum atomic E-state index is 14.0. The van der Waals surface area contributed by atoms with E-state index in [4.69, 9.17) is 17.3 Å². The van der Waals surface area contributed by atoms with Crippen LogP contribution >= 0.6 is 11.6 Å². The Hall–Kier alpha value is -0.600. The van der Waals surface area contributed by atoms with Gasteiger partial charge in [-0.3, -0.25) is 0 Å². The van der Waals surface area contributed by atoms with Gasteiger partial charge in [0.15, 0.2) is 0 Å². The lowest BCUT2D eigenvalue weighted by atomic mass is 9.76. The number of nitrogens with two attached hydrogens (primary N) is 1. The van der Waals surface area contributed by atoms with Crippen molar-refractivity contribution in [3.63, 3.8) is 0 Å². The lowest BCUT2D eigenvalue weighted by Crippen LogP contribution is -2.42. The molecule has 1 aromatic rings. The number of benzene rings is 1. The van der Waals surface area contributed by atoms with Crippen molar-refractivity contribution in [1.82, 2.24) is 0 Å². The summed E-state index contributed by atoms with van der Waals surface area (Å²) < 4.78 is 14.0. The van der Waals surface area contributed by atoms with E-state index >= 15 is 0 Å². The molecule has 0 amide bonds. The summed E-state index contributed by atoms with van der Waals surface area (Å²) >= 11 is 6.16. The molecule has 1 aliphatic carbocycles. The van der Waals surface area contributed by atoms with Crippen molar-refractivity contribution in [3.05, 3.63) is 34.6 Å². The fourth-order valence-electron chi connectivity index (χ4n) is 3.53. The van der Waals surface area contributed by atoms with E-state index in [-0.39, 0.29) is 11.4 Å². The van der Waals surface area contributed by atoms with Gasteiger partial charge in [-0.1, -0.05) is 44.9 Å². The first-order valence-corrected chi connectivity index (χ1v) is 8.31. The average molecular weight is 312 g/mol. The van der Waals surface area contributed by atoms with Gasteiger partial charge >= 0.3 is 0 Å². The fraction of sp³-hybridized carbons (Fsp3) is 0.667. The largest absolute Gasteiger partial charge is 0.325 e. The SMILES string of the molecule is CC(C)(C)C1CCCC(N)(Cc2c(F)cccc2Cl)CC1. The molecule has 118 valence electrons. The molecule has 1 saturated carbocycles. The van der Waals surface area contributed by atoms with Gasteiger partial charge in [0.05, 0.1) is 0 Å². The predicted octanol–water partition coefficient (Wildman–Crippen LogP) is 5.35. The Morgan fingerprint density at radius 3 is 2.62 bits per heavy atom. The molecule has 0 aliphatic heterocycles. The number of hydrogen-bond donors (Lipinski definition) is 1. The van der Waals surface area contributed by atoms with Crippen LogP contribution in [0.1, 0.15) is 58.4 Å².